The van der Waals surface area contributed by atoms with Crippen LogP contribution in [-0.4, -0.2) is 34.2 Å². The van der Waals surface area contributed by atoms with Gasteiger partial charge < -0.3 is 10.2 Å². The number of carbonyl (C=O) groups is 1. The molecule has 0 bridgehead atoms. The molecule has 5 nitrogen and oxygen atoms in total. The largest absolute Gasteiger partial charge is 0.372 e. The zero-order valence-corrected chi connectivity index (χ0v) is 11.7. The number of hydrogen-bond donors (Lipinski definition) is 1. The topological polar surface area (TPSA) is 50.2 Å². The second kappa shape index (κ2) is 5.73. The fourth-order valence-electron chi connectivity index (χ4n) is 2.22. The number of rotatable bonds is 3. The second-order valence-corrected chi connectivity index (χ2v) is 4.46. The molecule has 1 aliphatic heterocycles. The first kappa shape index (κ1) is 13.4. The lowest BCUT2D eigenvalue weighted by molar-refractivity contribution is -0.128. The summed E-state index contributed by atoms with van der Waals surface area (Å²) in [7, 11) is 1.85. The van der Waals surface area contributed by atoms with Crippen molar-refractivity contribution in [2.45, 2.75) is 26.9 Å². The van der Waals surface area contributed by atoms with Crippen LogP contribution in [-0.2, 0) is 17.9 Å². The number of aromatic nitrogens is 2. The van der Waals surface area contributed by atoms with Crippen molar-refractivity contribution >= 4 is 11.7 Å². The molecule has 2 heterocycles. The summed E-state index contributed by atoms with van der Waals surface area (Å²) in [6.07, 6.45) is 5.60. The van der Waals surface area contributed by atoms with E-state index in [1.54, 1.807) is 0 Å². The summed E-state index contributed by atoms with van der Waals surface area (Å²) in [6, 6.07) is 1.99. The van der Waals surface area contributed by atoms with Gasteiger partial charge in [0.15, 0.2) is 0 Å². The van der Waals surface area contributed by atoms with E-state index in [1.807, 2.05) is 54.8 Å². The normalized spacial score (nSPS) is 15.7. The van der Waals surface area contributed by atoms with Crippen LogP contribution in [0.15, 0.2) is 29.9 Å². The van der Waals surface area contributed by atoms with Gasteiger partial charge in [0, 0.05) is 25.2 Å². The molecule has 0 fully saturated rings. The molecule has 0 aromatic carbocycles. The first-order valence-corrected chi connectivity index (χ1v) is 6.52. The Labute approximate surface area is 113 Å². The van der Waals surface area contributed by atoms with Crippen LogP contribution >= 0.6 is 0 Å². The highest BCUT2D eigenvalue weighted by Gasteiger charge is 2.23. The minimum atomic E-state index is 0.0825. The molecular formula is C14H20N4O. The Hall–Kier alpha value is -2.04. The zero-order valence-electron chi connectivity index (χ0n) is 11.7. The molecule has 0 aliphatic carbocycles. The van der Waals surface area contributed by atoms with Gasteiger partial charge in [0.25, 0.3) is 5.91 Å². The number of amides is 1. The standard InChI is InChI=1S/C14H20N4O/c1-4-6-11(5-2)14(19)17-7-8-18-12(10-17)9-13(15-3)16-18/h4-6,9H,7-8,10H2,1-3H3,(H,15,16)/b6-4-,11-5+. The summed E-state index contributed by atoms with van der Waals surface area (Å²) in [6.45, 7) is 5.87. The van der Waals surface area contributed by atoms with E-state index in [2.05, 4.69) is 10.4 Å². The molecule has 1 aromatic rings. The Morgan fingerprint density at radius 1 is 1.42 bits per heavy atom. The fourth-order valence-corrected chi connectivity index (χ4v) is 2.22. The number of nitrogens with zero attached hydrogens (tertiary/aromatic N) is 3. The quantitative estimate of drug-likeness (QED) is 0.666. The van der Waals surface area contributed by atoms with Gasteiger partial charge in [0.1, 0.15) is 5.82 Å². The maximum atomic E-state index is 12.4. The van der Waals surface area contributed by atoms with E-state index < -0.39 is 0 Å². The predicted octanol–water partition coefficient (Wildman–Crippen LogP) is 1.79. The van der Waals surface area contributed by atoms with E-state index >= 15 is 0 Å². The fraction of sp³-hybridized carbons (Fsp3) is 0.429. The highest BCUT2D eigenvalue weighted by molar-refractivity contribution is 5.96. The van der Waals surface area contributed by atoms with Gasteiger partial charge >= 0.3 is 0 Å². The molecule has 1 amide bonds. The second-order valence-electron chi connectivity index (χ2n) is 4.46. The monoisotopic (exact) mass is 260 g/mol. The molecule has 5 heteroatoms. The van der Waals surface area contributed by atoms with Gasteiger partial charge in [-0.2, -0.15) is 5.10 Å². The van der Waals surface area contributed by atoms with Crippen molar-refractivity contribution in [2.24, 2.45) is 0 Å². The first-order valence-electron chi connectivity index (χ1n) is 6.52. The third kappa shape index (κ3) is 2.70. The number of anilines is 1. The van der Waals surface area contributed by atoms with E-state index in [0.717, 1.165) is 23.6 Å². The van der Waals surface area contributed by atoms with Gasteiger partial charge in [-0.3, -0.25) is 9.48 Å². The smallest absolute Gasteiger partial charge is 0.253 e. The molecule has 1 N–H and O–H groups in total. The van der Waals surface area contributed by atoms with Crippen molar-refractivity contribution in [3.8, 4) is 0 Å². The summed E-state index contributed by atoms with van der Waals surface area (Å²) >= 11 is 0. The van der Waals surface area contributed by atoms with Gasteiger partial charge in [0.2, 0.25) is 0 Å². The highest BCUT2D eigenvalue weighted by atomic mass is 16.2. The van der Waals surface area contributed by atoms with E-state index in [9.17, 15) is 4.79 Å². The lowest BCUT2D eigenvalue weighted by atomic mass is 10.2. The molecule has 1 aromatic heterocycles. The van der Waals surface area contributed by atoms with Gasteiger partial charge in [0.05, 0.1) is 18.8 Å². The summed E-state index contributed by atoms with van der Waals surface area (Å²) in [4.78, 5) is 14.2. The van der Waals surface area contributed by atoms with Crippen LogP contribution in [0, 0.1) is 0 Å². The van der Waals surface area contributed by atoms with Crippen molar-refractivity contribution in [3.63, 3.8) is 0 Å². The van der Waals surface area contributed by atoms with E-state index in [-0.39, 0.29) is 5.91 Å². The number of nitrogens with one attached hydrogen (secondary N) is 1. The molecule has 0 unspecified atom stereocenters. The van der Waals surface area contributed by atoms with Crippen molar-refractivity contribution in [3.05, 3.63) is 35.6 Å². The molecule has 1 aliphatic rings. The number of allylic oxidation sites excluding steroid dienone is 2. The third-order valence-electron chi connectivity index (χ3n) is 3.25. The highest BCUT2D eigenvalue weighted by Crippen LogP contribution is 2.18. The van der Waals surface area contributed by atoms with Crippen LogP contribution < -0.4 is 5.32 Å². The molecule has 2 rings (SSSR count). The van der Waals surface area contributed by atoms with Crippen molar-refractivity contribution < 1.29 is 4.79 Å². The van der Waals surface area contributed by atoms with E-state index in [0.29, 0.717) is 13.1 Å². The average Bonchev–Trinajstić information content (AvgIpc) is 2.86. The Bertz CT molecular complexity index is 528. The van der Waals surface area contributed by atoms with Gasteiger partial charge in [-0.1, -0.05) is 18.2 Å². The molecule has 0 spiro atoms. The van der Waals surface area contributed by atoms with Gasteiger partial charge in [-0.15, -0.1) is 0 Å². The SMILES string of the molecule is C/C=C\C(=C/C)C(=O)N1CCn2nc(NC)cc2C1. The molecule has 102 valence electrons. The molecule has 0 radical (unpaired) electrons. The minimum Gasteiger partial charge on any atom is -0.372 e. The Kier molecular flexibility index (Phi) is 4.04. The van der Waals surface area contributed by atoms with E-state index in [1.165, 1.54) is 0 Å². The summed E-state index contributed by atoms with van der Waals surface area (Å²) in [5.74, 6) is 0.933. The van der Waals surface area contributed by atoms with Crippen LogP contribution in [0.1, 0.15) is 19.5 Å². The Balaban J connectivity index is 2.15. The van der Waals surface area contributed by atoms with Crippen LogP contribution in [0.4, 0.5) is 5.82 Å². The van der Waals surface area contributed by atoms with Gasteiger partial charge in [-0.25, -0.2) is 0 Å². The number of carbonyl (C=O) groups excluding carboxylic acids is 1. The van der Waals surface area contributed by atoms with Crippen LogP contribution in [0.2, 0.25) is 0 Å². The molecule has 0 saturated heterocycles. The zero-order chi connectivity index (χ0) is 13.8. The average molecular weight is 260 g/mol. The first-order chi connectivity index (χ1) is 9.19. The summed E-state index contributed by atoms with van der Waals surface area (Å²) < 4.78 is 1.96. The van der Waals surface area contributed by atoms with Crippen molar-refractivity contribution in [1.82, 2.24) is 14.7 Å². The summed E-state index contributed by atoms with van der Waals surface area (Å²) in [5.41, 5.74) is 1.81. The number of hydrogen-bond acceptors (Lipinski definition) is 3. The van der Waals surface area contributed by atoms with Crippen molar-refractivity contribution in [1.29, 1.82) is 0 Å². The van der Waals surface area contributed by atoms with Gasteiger partial charge in [-0.05, 0) is 13.8 Å². The van der Waals surface area contributed by atoms with Crippen molar-refractivity contribution in [2.75, 3.05) is 18.9 Å². The van der Waals surface area contributed by atoms with Crippen LogP contribution in [0.3, 0.4) is 0 Å². The molecular weight excluding hydrogens is 240 g/mol. The lowest BCUT2D eigenvalue weighted by Gasteiger charge is -2.28. The Morgan fingerprint density at radius 3 is 2.84 bits per heavy atom. The number of fused-ring (bicyclic) bond motifs is 1. The molecule has 0 saturated carbocycles. The lowest BCUT2D eigenvalue weighted by Crippen LogP contribution is -2.38. The molecule has 19 heavy (non-hydrogen) atoms. The Morgan fingerprint density at radius 2 is 2.21 bits per heavy atom. The maximum Gasteiger partial charge on any atom is 0.253 e. The summed E-state index contributed by atoms with van der Waals surface area (Å²) in [5, 5.41) is 7.43. The molecule has 0 atom stereocenters. The van der Waals surface area contributed by atoms with Crippen LogP contribution in [0.25, 0.3) is 0 Å². The maximum absolute atomic E-state index is 12.4. The minimum absolute atomic E-state index is 0.0825. The third-order valence-corrected chi connectivity index (χ3v) is 3.25. The predicted molar refractivity (Wildman–Crippen MR) is 75.8 cm³/mol. The van der Waals surface area contributed by atoms with E-state index in [4.69, 9.17) is 0 Å². The van der Waals surface area contributed by atoms with Crippen LogP contribution in [0.5, 0.6) is 0 Å².